The van der Waals surface area contributed by atoms with Crippen LogP contribution in [-0.4, -0.2) is 23.0 Å². The molecule has 0 unspecified atom stereocenters. The summed E-state index contributed by atoms with van der Waals surface area (Å²) in [7, 11) is 0. The van der Waals surface area contributed by atoms with Gasteiger partial charge in [-0.2, -0.15) is 0 Å². The topological polar surface area (TPSA) is 54.2 Å². The molecule has 1 fully saturated rings. The molecule has 0 bridgehead atoms. The first-order chi connectivity index (χ1) is 8.31. The minimum Gasteiger partial charge on any atom is -0.308 e. The van der Waals surface area contributed by atoms with Crippen LogP contribution in [-0.2, 0) is 6.54 Å². The number of anilines is 1. The predicted octanol–water partition coefficient (Wildman–Crippen LogP) is 1.99. The number of piperidine rings is 1. The second kappa shape index (κ2) is 5.98. The summed E-state index contributed by atoms with van der Waals surface area (Å²) in [4.78, 5) is 6.74. The lowest BCUT2D eigenvalue weighted by atomic mass is 9.94. The van der Waals surface area contributed by atoms with Gasteiger partial charge in [-0.25, -0.2) is 10.8 Å². The van der Waals surface area contributed by atoms with Gasteiger partial charge in [0.05, 0.1) is 0 Å². The summed E-state index contributed by atoms with van der Waals surface area (Å²) >= 11 is 0. The van der Waals surface area contributed by atoms with Crippen molar-refractivity contribution in [3.63, 3.8) is 0 Å². The average Bonchev–Trinajstić information content (AvgIpc) is 2.40. The van der Waals surface area contributed by atoms with Gasteiger partial charge in [0.15, 0.2) is 0 Å². The van der Waals surface area contributed by atoms with Crippen LogP contribution in [0.25, 0.3) is 0 Å². The van der Waals surface area contributed by atoms with E-state index >= 15 is 0 Å². The molecule has 1 aliphatic heterocycles. The first kappa shape index (κ1) is 12.3. The Morgan fingerprint density at radius 3 is 2.71 bits per heavy atom. The second-order valence-corrected chi connectivity index (χ2v) is 4.82. The molecule has 1 aromatic rings. The molecule has 3 N–H and O–H groups in total. The molecule has 0 aromatic carbocycles. The van der Waals surface area contributed by atoms with Crippen molar-refractivity contribution in [1.82, 2.24) is 9.88 Å². The van der Waals surface area contributed by atoms with Crippen molar-refractivity contribution in [2.24, 2.45) is 11.8 Å². The van der Waals surface area contributed by atoms with Crippen molar-refractivity contribution in [2.75, 3.05) is 18.5 Å². The van der Waals surface area contributed by atoms with Gasteiger partial charge in [0.1, 0.15) is 5.82 Å². The number of rotatable bonds is 4. The van der Waals surface area contributed by atoms with Gasteiger partial charge in [-0.1, -0.05) is 19.4 Å². The van der Waals surface area contributed by atoms with Gasteiger partial charge in [-0.05, 0) is 43.5 Å². The van der Waals surface area contributed by atoms with E-state index in [1.807, 2.05) is 12.3 Å². The van der Waals surface area contributed by atoms with Crippen molar-refractivity contribution in [3.8, 4) is 0 Å². The summed E-state index contributed by atoms with van der Waals surface area (Å²) in [6.45, 7) is 5.74. The third-order valence-electron chi connectivity index (χ3n) is 3.66. The first-order valence-corrected chi connectivity index (χ1v) is 6.45. The Kier molecular flexibility index (Phi) is 4.34. The molecule has 2 rings (SSSR count). The monoisotopic (exact) mass is 234 g/mol. The van der Waals surface area contributed by atoms with E-state index in [0.29, 0.717) is 0 Å². The van der Waals surface area contributed by atoms with E-state index in [1.54, 1.807) is 0 Å². The van der Waals surface area contributed by atoms with Crippen molar-refractivity contribution >= 4 is 5.82 Å². The molecule has 4 heteroatoms. The van der Waals surface area contributed by atoms with Gasteiger partial charge < -0.3 is 5.43 Å². The molecule has 4 nitrogen and oxygen atoms in total. The lowest BCUT2D eigenvalue weighted by Gasteiger charge is -2.31. The van der Waals surface area contributed by atoms with E-state index in [2.05, 4.69) is 28.3 Å². The number of nitrogens with zero attached hydrogens (tertiary/aromatic N) is 2. The van der Waals surface area contributed by atoms with E-state index in [4.69, 9.17) is 5.84 Å². The van der Waals surface area contributed by atoms with E-state index in [-0.39, 0.29) is 0 Å². The highest BCUT2D eigenvalue weighted by atomic mass is 15.2. The van der Waals surface area contributed by atoms with Crippen molar-refractivity contribution < 1.29 is 0 Å². The number of nitrogen functional groups attached to an aromatic ring is 1. The summed E-state index contributed by atoms with van der Waals surface area (Å²) in [5, 5.41) is 0. The van der Waals surface area contributed by atoms with Crippen LogP contribution in [0.1, 0.15) is 31.7 Å². The summed E-state index contributed by atoms with van der Waals surface area (Å²) in [5.74, 6) is 6.95. The van der Waals surface area contributed by atoms with E-state index in [0.717, 1.165) is 18.3 Å². The summed E-state index contributed by atoms with van der Waals surface area (Å²) < 4.78 is 0. The normalized spacial score (nSPS) is 18.2. The highest BCUT2D eigenvalue weighted by Crippen LogP contribution is 2.21. The zero-order valence-electron chi connectivity index (χ0n) is 10.5. The molecule has 2 heterocycles. The molecule has 0 radical (unpaired) electrons. The van der Waals surface area contributed by atoms with Gasteiger partial charge in [-0.3, -0.25) is 4.90 Å². The fourth-order valence-corrected chi connectivity index (χ4v) is 2.41. The number of hydrazine groups is 1. The van der Waals surface area contributed by atoms with Gasteiger partial charge in [0, 0.05) is 12.7 Å². The molecule has 0 amide bonds. The van der Waals surface area contributed by atoms with Crippen LogP contribution in [0, 0.1) is 5.92 Å². The Morgan fingerprint density at radius 2 is 2.18 bits per heavy atom. The van der Waals surface area contributed by atoms with Crippen LogP contribution in [0.15, 0.2) is 18.3 Å². The molecule has 94 valence electrons. The third kappa shape index (κ3) is 3.41. The van der Waals surface area contributed by atoms with Gasteiger partial charge in [-0.15, -0.1) is 0 Å². The molecule has 1 saturated heterocycles. The SMILES string of the molecule is CCC1CCN(Cc2ccc(NN)nc2)CC1. The zero-order valence-corrected chi connectivity index (χ0v) is 10.5. The molecule has 17 heavy (non-hydrogen) atoms. The maximum atomic E-state index is 5.29. The second-order valence-electron chi connectivity index (χ2n) is 4.82. The maximum absolute atomic E-state index is 5.29. The van der Waals surface area contributed by atoms with Crippen LogP contribution in [0.4, 0.5) is 5.82 Å². The highest BCUT2D eigenvalue weighted by Gasteiger charge is 2.17. The minimum atomic E-state index is 0.721. The molecule has 1 aromatic heterocycles. The number of nitrogens with two attached hydrogens (primary N) is 1. The largest absolute Gasteiger partial charge is 0.308 e. The standard InChI is InChI=1S/C13H22N4/c1-2-11-5-7-17(8-6-11)10-12-3-4-13(16-14)15-9-12/h3-4,9,11H,2,5-8,10,14H2,1H3,(H,15,16). The molecular formula is C13H22N4. The number of likely N-dealkylation sites (tertiary alicyclic amines) is 1. The van der Waals surface area contributed by atoms with Crippen LogP contribution < -0.4 is 11.3 Å². The van der Waals surface area contributed by atoms with Crippen molar-refractivity contribution in [2.45, 2.75) is 32.7 Å². The quantitative estimate of drug-likeness (QED) is 0.618. The van der Waals surface area contributed by atoms with Crippen LogP contribution in [0.5, 0.6) is 0 Å². The summed E-state index contributed by atoms with van der Waals surface area (Å²) in [6, 6.07) is 4.02. The Bertz CT molecular complexity index is 328. The van der Waals surface area contributed by atoms with E-state index in [9.17, 15) is 0 Å². The van der Waals surface area contributed by atoms with Crippen molar-refractivity contribution in [1.29, 1.82) is 0 Å². The zero-order chi connectivity index (χ0) is 12.1. The minimum absolute atomic E-state index is 0.721. The molecule has 0 spiro atoms. The van der Waals surface area contributed by atoms with Crippen LogP contribution in [0.2, 0.25) is 0 Å². The number of pyridine rings is 1. The number of nitrogens with one attached hydrogen (secondary N) is 1. The molecule has 0 atom stereocenters. The fraction of sp³-hybridized carbons (Fsp3) is 0.615. The highest BCUT2D eigenvalue weighted by molar-refractivity contribution is 5.33. The van der Waals surface area contributed by atoms with Crippen LogP contribution in [0.3, 0.4) is 0 Å². The summed E-state index contributed by atoms with van der Waals surface area (Å²) in [6.07, 6.45) is 5.91. The van der Waals surface area contributed by atoms with E-state index in [1.165, 1.54) is 37.9 Å². The number of aromatic nitrogens is 1. The fourth-order valence-electron chi connectivity index (χ4n) is 2.41. The first-order valence-electron chi connectivity index (χ1n) is 6.45. The summed E-state index contributed by atoms with van der Waals surface area (Å²) in [5.41, 5.74) is 3.81. The number of hydrogen-bond acceptors (Lipinski definition) is 4. The van der Waals surface area contributed by atoms with E-state index < -0.39 is 0 Å². The molecule has 1 aliphatic rings. The Hall–Kier alpha value is -1.13. The third-order valence-corrected chi connectivity index (χ3v) is 3.66. The number of hydrogen-bond donors (Lipinski definition) is 2. The maximum Gasteiger partial charge on any atom is 0.139 e. The Balaban J connectivity index is 1.84. The Labute approximate surface area is 103 Å². The van der Waals surface area contributed by atoms with Crippen molar-refractivity contribution in [3.05, 3.63) is 23.9 Å². The Morgan fingerprint density at radius 1 is 1.41 bits per heavy atom. The molecular weight excluding hydrogens is 212 g/mol. The lowest BCUT2D eigenvalue weighted by molar-refractivity contribution is 0.175. The van der Waals surface area contributed by atoms with Crippen LogP contribution >= 0.6 is 0 Å². The smallest absolute Gasteiger partial charge is 0.139 e. The molecule has 0 aliphatic carbocycles. The average molecular weight is 234 g/mol. The predicted molar refractivity (Wildman–Crippen MR) is 70.3 cm³/mol. The van der Waals surface area contributed by atoms with Gasteiger partial charge in [0.2, 0.25) is 0 Å². The van der Waals surface area contributed by atoms with Gasteiger partial charge in [0.25, 0.3) is 0 Å². The molecule has 0 saturated carbocycles. The lowest BCUT2D eigenvalue weighted by Crippen LogP contribution is -2.33. The van der Waals surface area contributed by atoms with Gasteiger partial charge >= 0.3 is 0 Å².